The molecule has 6 heteroatoms. The molecule has 0 atom stereocenters. The molecule has 0 aromatic heterocycles. The summed E-state index contributed by atoms with van der Waals surface area (Å²) in [7, 11) is 0. The molecule has 0 bridgehead atoms. The lowest BCUT2D eigenvalue weighted by atomic mass is 10.3. The zero-order chi connectivity index (χ0) is 15.4. The Balaban J connectivity index is 2.34. The molecular formula is C15H9Cl3O3. The number of rotatable bonds is 4. The molecular weight excluding hydrogens is 335 g/mol. The largest absolute Gasteiger partial charge is 0.452 e. The highest BCUT2D eigenvalue weighted by Crippen LogP contribution is 2.37. The third kappa shape index (κ3) is 4.14. The number of carbonyl (C=O) groups excluding carboxylic acids is 1. The van der Waals surface area contributed by atoms with Gasteiger partial charge in [-0.25, -0.2) is 4.79 Å². The summed E-state index contributed by atoms with van der Waals surface area (Å²) >= 11 is 17.7. The van der Waals surface area contributed by atoms with Crippen molar-refractivity contribution in [2.24, 2.45) is 0 Å². The number of halogens is 3. The fourth-order valence-electron chi connectivity index (χ4n) is 1.47. The van der Waals surface area contributed by atoms with Crippen LogP contribution in [0.5, 0.6) is 17.2 Å². The van der Waals surface area contributed by atoms with Gasteiger partial charge >= 0.3 is 5.97 Å². The number of carbonyl (C=O) groups is 1. The molecule has 21 heavy (non-hydrogen) atoms. The predicted octanol–water partition coefficient (Wildman–Crippen LogP) is 5.53. The molecule has 0 spiro atoms. The molecule has 0 radical (unpaired) electrons. The summed E-state index contributed by atoms with van der Waals surface area (Å²) in [6.07, 6.45) is 1.04. The van der Waals surface area contributed by atoms with E-state index in [1.807, 2.05) is 0 Å². The Morgan fingerprint density at radius 2 is 1.57 bits per heavy atom. The minimum Gasteiger partial charge on any atom is -0.452 e. The van der Waals surface area contributed by atoms with E-state index in [4.69, 9.17) is 44.3 Å². The Bertz CT molecular complexity index is 699. The molecule has 0 aliphatic rings. The third-order valence-electron chi connectivity index (χ3n) is 2.40. The van der Waals surface area contributed by atoms with Crippen LogP contribution in [0, 0.1) is 0 Å². The molecule has 0 amide bonds. The van der Waals surface area contributed by atoms with Crippen LogP contribution in [0.4, 0.5) is 0 Å². The second kappa shape index (κ2) is 6.85. The minimum atomic E-state index is -0.621. The maximum absolute atomic E-state index is 11.3. The van der Waals surface area contributed by atoms with Crippen LogP contribution in [0.15, 0.2) is 49.1 Å². The number of esters is 1. The van der Waals surface area contributed by atoms with E-state index in [0.29, 0.717) is 26.6 Å². The average Bonchev–Trinajstić information content (AvgIpc) is 2.44. The summed E-state index contributed by atoms with van der Waals surface area (Å²) in [5.74, 6) is 0.209. The normalized spacial score (nSPS) is 10.0. The van der Waals surface area contributed by atoms with Gasteiger partial charge in [-0.2, -0.15) is 0 Å². The number of ether oxygens (including phenoxy) is 2. The van der Waals surface area contributed by atoms with Crippen molar-refractivity contribution in [2.75, 3.05) is 0 Å². The maximum Gasteiger partial charge on any atom is 0.335 e. The topological polar surface area (TPSA) is 35.5 Å². The molecule has 0 aliphatic carbocycles. The van der Waals surface area contributed by atoms with Crippen molar-refractivity contribution in [2.45, 2.75) is 0 Å². The highest BCUT2D eigenvalue weighted by molar-refractivity contribution is 6.35. The number of hydrogen-bond donors (Lipinski definition) is 0. The second-order valence-corrected chi connectivity index (χ2v) is 5.17. The van der Waals surface area contributed by atoms with E-state index in [2.05, 4.69) is 6.58 Å². The van der Waals surface area contributed by atoms with E-state index in [-0.39, 0.29) is 5.75 Å². The summed E-state index contributed by atoms with van der Waals surface area (Å²) < 4.78 is 10.7. The standard InChI is InChI=1S/C15H9Cl3O3/c1-2-15(19)21-14-8-10(17)4-6-13(14)20-12-5-3-9(16)7-11(12)18/h2-8H,1H2. The van der Waals surface area contributed by atoms with Gasteiger partial charge in [0.1, 0.15) is 5.75 Å². The Kier molecular flexibility index (Phi) is 5.12. The van der Waals surface area contributed by atoms with Crippen LogP contribution < -0.4 is 9.47 Å². The van der Waals surface area contributed by atoms with Gasteiger partial charge in [0.05, 0.1) is 5.02 Å². The van der Waals surface area contributed by atoms with Crippen LogP contribution >= 0.6 is 34.8 Å². The van der Waals surface area contributed by atoms with Crippen molar-refractivity contribution in [3.05, 3.63) is 64.1 Å². The minimum absolute atomic E-state index is 0.165. The Hall–Kier alpha value is -1.68. The van der Waals surface area contributed by atoms with Crippen molar-refractivity contribution < 1.29 is 14.3 Å². The maximum atomic E-state index is 11.3. The molecule has 0 N–H and O–H groups in total. The van der Waals surface area contributed by atoms with Gasteiger partial charge in [-0.1, -0.05) is 41.4 Å². The zero-order valence-corrected chi connectivity index (χ0v) is 12.9. The Morgan fingerprint density at radius 3 is 2.19 bits per heavy atom. The molecule has 3 nitrogen and oxygen atoms in total. The molecule has 2 aromatic carbocycles. The van der Waals surface area contributed by atoms with E-state index in [1.165, 1.54) is 6.07 Å². The molecule has 0 saturated heterocycles. The van der Waals surface area contributed by atoms with Gasteiger partial charge in [0.15, 0.2) is 11.5 Å². The van der Waals surface area contributed by atoms with Crippen molar-refractivity contribution in [3.8, 4) is 17.2 Å². The zero-order valence-electron chi connectivity index (χ0n) is 10.6. The molecule has 0 saturated carbocycles. The summed E-state index contributed by atoms with van der Waals surface area (Å²) in [5.41, 5.74) is 0. The average molecular weight is 344 g/mol. The first-order valence-electron chi connectivity index (χ1n) is 5.76. The smallest absolute Gasteiger partial charge is 0.335 e. The SMILES string of the molecule is C=CC(=O)Oc1cc(Cl)ccc1Oc1ccc(Cl)cc1Cl. The van der Waals surface area contributed by atoms with Crippen molar-refractivity contribution in [1.29, 1.82) is 0 Å². The van der Waals surface area contributed by atoms with E-state index >= 15 is 0 Å². The van der Waals surface area contributed by atoms with E-state index < -0.39 is 5.97 Å². The lowest BCUT2D eigenvalue weighted by Gasteiger charge is -2.12. The molecule has 0 fully saturated rings. The predicted molar refractivity (Wildman–Crippen MR) is 83.8 cm³/mol. The van der Waals surface area contributed by atoms with Crippen LogP contribution in [-0.2, 0) is 4.79 Å². The monoisotopic (exact) mass is 342 g/mol. The van der Waals surface area contributed by atoms with Crippen LogP contribution in [-0.4, -0.2) is 5.97 Å². The van der Waals surface area contributed by atoms with Crippen LogP contribution in [0.25, 0.3) is 0 Å². The van der Waals surface area contributed by atoms with Gasteiger partial charge in [-0.05, 0) is 30.3 Å². The third-order valence-corrected chi connectivity index (χ3v) is 3.16. The first-order valence-corrected chi connectivity index (χ1v) is 6.89. The molecule has 0 heterocycles. The van der Waals surface area contributed by atoms with Gasteiger partial charge in [-0.3, -0.25) is 0 Å². The quantitative estimate of drug-likeness (QED) is 0.416. The van der Waals surface area contributed by atoms with E-state index in [9.17, 15) is 4.79 Å². The van der Waals surface area contributed by atoms with Crippen LogP contribution in [0.1, 0.15) is 0 Å². The lowest BCUT2D eigenvalue weighted by Crippen LogP contribution is -2.04. The van der Waals surface area contributed by atoms with E-state index in [1.54, 1.807) is 30.3 Å². The van der Waals surface area contributed by atoms with Gasteiger partial charge in [0, 0.05) is 22.2 Å². The van der Waals surface area contributed by atoms with Crippen molar-refractivity contribution >= 4 is 40.8 Å². The molecule has 108 valence electrons. The Morgan fingerprint density at radius 1 is 0.952 bits per heavy atom. The summed E-state index contributed by atoms with van der Waals surface area (Å²) in [4.78, 5) is 11.3. The fourth-order valence-corrected chi connectivity index (χ4v) is 2.08. The molecule has 2 aromatic rings. The second-order valence-electron chi connectivity index (χ2n) is 3.89. The van der Waals surface area contributed by atoms with Gasteiger partial charge < -0.3 is 9.47 Å². The van der Waals surface area contributed by atoms with Gasteiger partial charge in [-0.15, -0.1) is 0 Å². The number of hydrogen-bond acceptors (Lipinski definition) is 3. The highest BCUT2D eigenvalue weighted by atomic mass is 35.5. The fraction of sp³-hybridized carbons (Fsp3) is 0. The van der Waals surface area contributed by atoms with Crippen LogP contribution in [0.3, 0.4) is 0 Å². The molecule has 0 aliphatic heterocycles. The van der Waals surface area contributed by atoms with Crippen molar-refractivity contribution in [3.63, 3.8) is 0 Å². The van der Waals surface area contributed by atoms with Crippen molar-refractivity contribution in [1.82, 2.24) is 0 Å². The first kappa shape index (κ1) is 15.7. The highest BCUT2D eigenvalue weighted by Gasteiger charge is 2.12. The Labute approximate surface area is 136 Å². The van der Waals surface area contributed by atoms with E-state index in [0.717, 1.165) is 6.08 Å². The molecule has 0 unspecified atom stereocenters. The first-order chi connectivity index (χ1) is 9.99. The summed E-state index contributed by atoms with van der Waals surface area (Å²) in [5, 5.41) is 1.22. The molecule has 2 rings (SSSR count). The summed E-state index contributed by atoms with van der Waals surface area (Å²) in [6.45, 7) is 3.33. The van der Waals surface area contributed by atoms with Gasteiger partial charge in [0.2, 0.25) is 0 Å². The number of benzene rings is 2. The van der Waals surface area contributed by atoms with Gasteiger partial charge in [0.25, 0.3) is 0 Å². The lowest BCUT2D eigenvalue weighted by molar-refractivity contribution is -0.129. The summed E-state index contributed by atoms with van der Waals surface area (Å²) in [6, 6.07) is 9.42. The van der Waals surface area contributed by atoms with Crippen LogP contribution in [0.2, 0.25) is 15.1 Å².